The van der Waals surface area contributed by atoms with Crippen LogP contribution in [-0.4, -0.2) is 37.0 Å². The molecule has 0 saturated carbocycles. The molecule has 2 N–H and O–H groups in total. The number of carbonyl (C=O) groups excluding carboxylic acids is 3. The van der Waals surface area contributed by atoms with Crippen molar-refractivity contribution in [2.45, 2.75) is 39.8 Å². The summed E-state index contributed by atoms with van der Waals surface area (Å²) in [5, 5.41) is 5.47. The van der Waals surface area contributed by atoms with Gasteiger partial charge in [-0.1, -0.05) is 44.2 Å². The Labute approximate surface area is 183 Å². The summed E-state index contributed by atoms with van der Waals surface area (Å²) in [5.74, 6) is -1.03. The third-order valence-electron chi connectivity index (χ3n) is 4.66. The monoisotopic (exact) mass is 426 g/mol. The molecule has 2 atom stereocenters. The summed E-state index contributed by atoms with van der Waals surface area (Å²) in [6, 6.07) is 15.0. The van der Waals surface area contributed by atoms with Crippen LogP contribution in [0.15, 0.2) is 54.6 Å². The minimum atomic E-state index is -0.876. The number of carbonyl (C=O) groups is 3. The predicted octanol–water partition coefficient (Wildman–Crippen LogP) is 3.26. The lowest BCUT2D eigenvalue weighted by molar-refractivity contribution is -0.151. The zero-order valence-corrected chi connectivity index (χ0v) is 18.4. The normalized spacial score (nSPS) is 12.5. The Morgan fingerprint density at radius 1 is 0.903 bits per heavy atom. The van der Waals surface area contributed by atoms with Crippen LogP contribution < -0.4 is 15.4 Å². The van der Waals surface area contributed by atoms with Crippen LogP contribution in [0.5, 0.6) is 5.75 Å². The van der Waals surface area contributed by atoms with Crippen molar-refractivity contribution in [3.05, 3.63) is 65.7 Å². The quantitative estimate of drug-likeness (QED) is 0.569. The van der Waals surface area contributed by atoms with Gasteiger partial charge < -0.3 is 20.1 Å². The topological polar surface area (TPSA) is 93.7 Å². The predicted molar refractivity (Wildman–Crippen MR) is 118 cm³/mol. The minimum Gasteiger partial charge on any atom is -0.494 e. The first-order chi connectivity index (χ1) is 14.8. The molecule has 0 spiro atoms. The van der Waals surface area contributed by atoms with Crippen molar-refractivity contribution in [1.82, 2.24) is 10.6 Å². The van der Waals surface area contributed by atoms with Crippen molar-refractivity contribution < 1.29 is 23.9 Å². The average molecular weight is 427 g/mol. The van der Waals surface area contributed by atoms with Gasteiger partial charge in [0, 0.05) is 5.56 Å². The average Bonchev–Trinajstić information content (AvgIpc) is 2.76. The summed E-state index contributed by atoms with van der Waals surface area (Å²) < 4.78 is 10.5. The molecular formula is C24H30N2O5. The molecule has 0 heterocycles. The van der Waals surface area contributed by atoms with E-state index in [0.717, 1.165) is 5.56 Å². The number of hydrogen-bond donors (Lipinski definition) is 2. The first-order valence-corrected chi connectivity index (χ1v) is 10.4. The van der Waals surface area contributed by atoms with Gasteiger partial charge in [-0.25, -0.2) is 4.79 Å². The summed E-state index contributed by atoms with van der Waals surface area (Å²) in [7, 11) is 0. The van der Waals surface area contributed by atoms with Crippen LogP contribution in [0.4, 0.5) is 0 Å². The fraction of sp³-hybridized carbons (Fsp3) is 0.375. The Bertz CT molecular complexity index is 865. The number of esters is 1. The second-order valence-electron chi connectivity index (χ2n) is 7.46. The molecule has 0 fully saturated rings. The highest BCUT2D eigenvalue weighted by Gasteiger charge is 2.27. The van der Waals surface area contributed by atoms with E-state index < -0.39 is 30.4 Å². The molecule has 0 aliphatic heterocycles. The fourth-order valence-electron chi connectivity index (χ4n) is 2.93. The molecule has 7 heteroatoms. The molecule has 31 heavy (non-hydrogen) atoms. The van der Waals surface area contributed by atoms with E-state index in [4.69, 9.17) is 9.47 Å². The van der Waals surface area contributed by atoms with Gasteiger partial charge in [0.25, 0.3) is 11.8 Å². The van der Waals surface area contributed by atoms with E-state index in [1.165, 1.54) is 0 Å². The summed E-state index contributed by atoms with van der Waals surface area (Å²) in [6.07, 6.45) is 0. The number of benzene rings is 2. The van der Waals surface area contributed by atoms with Crippen LogP contribution in [0.1, 0.15) is 49.7 Å². The van der Waals surface area contributed by atoms with Gasteiger partial charge in [0.15, 0.2) is 6.61 Å². The third-order valence-corrected chi connectivity index (χ3v) is 4.66. The molecular weight excluding hydrogens is 396 g/mol. The van der Waals surface area contributed by atoms with E-state index in [1.54, 1.807) is 38.1 Å². The lowest BCUT2D eigenvalue weighted by Crippen LogP contribution is -2.46. The highest BCUT2D eigenvalue weighted by Crippen LogP contribution is 2.14. The zero-order valence-electron chi connectivity index (χ0n) is 18.4. The Kier molecular flexibility index (Phi) is 9.06. The Morgan fingerprint density at radius 3 is 2.13 bits per heavy atom. The number of amides is 2. The number of hydrogen-bond acceptors (Lipinski definition) is 5. The molecule has 166 valence electrons. The van der Waals surface area contributed by atoms with Gasteiger partial charge in [0.05, 0.1) is 12.6 Å². The van der Waals surface area contributed by atoms with Crippen molar-refractivity contribution in [3.63, 3.8) is 0 Å². The highest BCUT2D eigenvalue weighted by atomic mass is 16.5. The first-order valence-electron chi connectivity index (χ1n) is 10.4. The minimum absolute atomic E-state index is 0.215. The van der Waals surface area contributed by atoms with E-state index >= 15 is 0 Å². The van der Waals surface area contributed by atoms with Gasteiger partial charge in [0.1, 0.15) is 11.8 Å². The molecule has 2 amide bonds. The van der Waals surface area contributed by atoms with Crippen LogP contribution >= 0.6 is 0 Å². The fourth-order valence-corrected chi connectivity index (χ4v) is 2.93. The van der Waals surface area contributed by atoms with Gasteiger partial charge in [-0.05, 0) is 49.6 Å². The molecule has 0 aromatic heterocycles. The molecule has 0 radical (unpaired) electrons. The maximum absolute atomic E-state index is 12.5. The Balaban J connectivity index is 1.89. The van der Waals surface area contributed by atoms with Crippen molar-refractivity contribution in [3.8, 4) is 5.75 Å². The number of ether oxygens (including phenoxy) is 2. The number of rotatable bonds is 10. The van der Waals surface area contributed by atoms with Gasteiger partial charge in [-0.2, -0.15) is 0 Å². The largest absolute Gasteiger partial charge is 0.494 e. The molecule has 0 unspecified atom stereocenters. The Morgan fingerprint density at radius 2 is 1.55 bits per heavy atom. The van der Waals surface area contributed by atoms with E-state index in [2.05, 4.69) is 10.6 Å². The van der Waals surface area contributed by atoms with Crippen LogP contribution in [-0.2, 0) is 14.3 Å². The second-order valence-corrected chi connectivity index (χ2v) is 7.46. The van der Waals surface area contributed by atoms with E-state index in [9.17, 15) is 14.4 Å². The molecule has 0 bridgehead atoms. The number of nitrogens with one attached hydrogen (secondary N) is 2. The molecule has 2 rings (SSSR count). The van der Waals surface area contributed by atoms with Gasteiger partial charge in [0.2, 0.25) is 0 Å². The second kappa shape index (κ2) is 11.7. The van der Waals surface area contributed by atoms with Gasteiger partial charge in [-0.3, -0.25) is 9.59 Å². The standard InChI is InChI=1S/C24H30N2O5/c1-5-30-20-13-11-19(12-14-20)23(28)26-22(16(2)3)24(29)31-15-21(27)25-17(4)18-9-7-6-8-10-18/h6-14,16-17,22H,5,15H2,1-4H3,(H,25,27)(H,26,28)/t17-,22+/m1/s1. The van der Waals surface area contributed by atoms with Crippen molar-refractivity contribution in [1.29, 1.82) is 0 Å². The molecule has 0 aliphatic carbocycles. The van der Waals surface area contributed by atoms with Crippen LogP contribution in [0.3, 0.4) is 0 Å². The molecule has 7 nitrogen and oxygen atoms in total. The maximum atomic E-state index is 12.5. The van der Waals surface area contributed by atoms with Crippen LogP contribution in [0.2, 0.25) is 0 Å². The van der Waals surface area contributed by atoms with Crippen LogP contribution in [0.25, 0.3) is 0 Å². The first kappa shape index (κ1) is 23.9. The summed E-state index contributed by atoms with van der Waals surface area (Å²) in [6.45, 7) is 7.43. The lowest BCUT2D eigenvalue weighted by Gasteiger charge is -2.21. The van der Waals surface area contributed by atoms with E-state index in [-0.39, 0.29) is 12.0 Å². The van der Waals surface area contributed by atoms with Crippen LogP contribution in [0, 0.1) is 5.92 Å². The van der Waals surface area contributed by atoms with Crippen molar-refractivity contribution in [2.24, 2.45) is 5.92 Å². The van der Waals surface area contributed by atoms with E-state index in [0.29, 0.717) is 17.9 Å². The smallest absolute Gasteiger partial charge is 0.329 e. The Hall–Kier alpha value is -3.35. The zero-order chi connectivity index (χ0) is 22.8. The molecule has 0 saturated heterocycles. The van der Waals surface area contributed by atoms with Crippen molar-refractivity contribution in [2.75, 3.05) is 13.2 Å². The molecule has 2 aromatic rings. The summed E-state index contributed by atoms with van der Waals surface area (Å²) in [5.41, 5.74) is 1.35. The summed E-state index contributed by atoms with van der Waals surface area (Å²) >= 11 is 0. The van der Waals surface area contributed by atoms with Gasteiger partial charge >= 0.3 is 5.97 Å². The summed E-state index contributed by atoms with van der Waals surface area (Å²) in [4.78, 5) is 37.2. The molecule has 0 aliphatic rings. The SMILES string of the molecule is CCOc1ccc(C(=O)N[C@H](C(=O)OCC(=O)N[C@H](C)c2ccccc2)C(C)C)cc1. The maximum Gasteiger partial charge on any atom is 0.329 e. The van der Waals surface area contributed by atoms with Gasteiger partial charge in [-0.15, -0.1) is 0 Å². The lowest BCUT2D eigenvalue weighted by atomic mass is 10.0. The third kappa shape index (κ3) is 7.44. The van der Waals surface area contributed by atoms with Crippen molar-refractivity contribution >= 4 is 17.8 Å². The van der Waals surface area contributed by atoms with E-state index in [1.807, 2.05) is 44.2 Å². The molecule has 2 aromatic carbocycles. The highest BCUT2D eigenvalue weighted by molar-refractivity contribution is 5.97.